The summed E-state index contributed by atoms with van der Waals surface area (Å²) in [6.45, 7) is 5.83. The van der Waals surface area contributed by atoms with E-state index < -0.39 is 0 Å². The summed E-state index contributed by atoms with van der Waals surface area (Å²) in [6.07, 6.45) is 1.51. The topological polar surface area (TPSA) is 84.7 Å². The van der Waals surface area contributed by atoms with Crippen LogP contribution in [0.15, 0.2) is 16.6 Å². The zero-order chi connectivity index (χ0) is 14.5. The molecule has 2 heterocycles. The molecule has 0 radical (unpaired) electrons. The molecule has 0 atom stereocenters. The molecule has 0 aliphatic rings. The normalized spacial score (nSPS) is 10.6. The van der Waals surface area contributed by atoms with Gasteiger partial charge < -0.3 is 10.2 Å². The van der Waals surface area contributed by atoms with E-state index in [4.69, 9.17) is 0 Å². The van der Waals surface area contributed by atoms with Crippen molar-refractivity contribution in [3.05, 3.63) is 6.33 Å². The van der Waals surface area contributed by atoms with E-state index in [2.05, 4.69) is 49.1 Å². The molecule has 0 bridgehead atoms. The van der Waals surface area contributed by atoms with Gasteiger partial charge in [-0.05, 0) is 25.6 Å². The van der Waals surface area contributed by atoms with Crippen molar-refractivity contribution in [2.75, 3.05) is 30.4 Å². The van der Waals surface area contributed by atoms with Crippen molar-refractivity contribution in [2.45, 2.75) is 24.2 Å². The van der Waals surface area contributed by atoms with Crippen molar-refractivity contribution in [1.29, 1.82) is 0 Å². The van der Waals surface area contributed by atoms with Crippen LogP contribution in [0, 0.1) is 0 Å². The lowest BCUT2D eigenvalue weighted by atomic mass is 10.5. The summed E-state index contributed by atoms with van der Waals surface area (Å²) in [6, 6.07) is 0. The highest BCUT2D eigenvalue weighted by atomic mass is 32.2. The van der Waals surface area contributed by atoms with Gasteiger partial charge in [0.25, 0.3) is 0 Å². The Labute approximate surface area is 122 Å². The SMILES string of the molecule is CCN(CC)c1nc(NC)nc(Sc2ncnn2C)n1. The fourth-order valence-electron chi connectivity index (χ4n) is 1.61. The Morgan fingerprint density at radius 2 is 2.00 bits per heavy atom. The number of rotatable bonds is 6. The standard InChI is InChI=1S/C11H18N8S/c1-5-19(6-2)9-15-8(12-3)16-10(17-9)20-11-13-7-14-18(11)4/h7H,5-6H2,1-4H3,(H,12,15,16,17). The van der Waals surface area contributed by atoms with Gasteiger partial charge in [-0.2, -0.15) is 20.1 Å². The Morgan fingerprint density at radius 3 is 2.55 bits per heavy atom. The minimum absolute atomic E-state index is 0.548. The maximum atomic E-state index is 4.48. The average molecular weight is 294 g/mol. The van der Waals surface area contributed by atoms with Gasteiger partial charge in [-0.15, -0.1) is 0 Å². The lowest BCUT2D eigenvalue weighted by Crippen LogP contribution is -2.25. The number of nitrogens with one attached hydrogen (secondary N) is 1. The summed E-state index contributed by atoms with van der Waals surface area (Å²) in [5.74, 6) is 1.21. The monoisotopic (exact) mass is 294 g/mol. The number of aromatic nitrogens is 6. The van der Waals surface area contributed by atoms with Gasteiger partial charge >= 0.3 is 0 Å². The predicted molar refractivity (Wildman–Crippen MR) is 78.1 cm³/mol. The molecular weight excluding hydrogens is 276 g/mol. The Balaban J connectivity index is 2.32. The lowest BCUT2D eigenvalue weighted by Gasteiger charge is -2.19. The van der Waals surface area contributed by atoms with Crippen molar-refractivity contribution < 1.29 is 0 Å². The van der Waals surface area contributed by atoms with Crippen LogP contribution in [0.4, 0.5) is 11.9 Å². The van der Waals surface area contributed by atoms with E-state index in [0.29, 0.717) is 17.1 Å². The molecule has 108 valence electrons. The highest BCUT2D eigenvalue weighted by molar-refractivity contribution is 7.99. The van der Waals surface area contributed by atoms with Gasteiger partial charge in [0.05, 0.1) is 0 Å². The van der Waals surface area contributed by atoms with E-state index in [1.807, 2.05) is 7.05 Å². The molecule has 2 rings (SSSR count). The highest BCUT2D eigenvalue weighted by Gasteiger charge is 2.13. The summed E-state index contributed by atoms with van der Waals surface area (Å²) in [5, 5.41) is 8.33. The second-order valence-electron chi connectivity index (χ2n) is 3.93. The first-order valence-corrected chi connectivity index (χ1v) is 7.20. The van der Waals surface area contributed by atoms with Crippen LogP contribution in [0.25, 0.3) is 0 Å². The molecule has 0 saturated carbocycles. The molecule has 9 heteroatoms. The largest absolute Gasteiger partial charge is 0.357 e. The number of nitrogens with zero attached hydrogens (tertiary/aromatic N) is 7. The van der Waals surface area contributed by atoms with Crippen LogP contribution in [-0.4, -0.2) is 49.9 Å². The molecule has 0 aromatic carbocycles. The fourth-order valence-corrected chi connectivity index (χ4v) is 2.31. The smallest absolute Gasteiger partial charge is 0.231 e. The summed E-state index contributed by atoms with van der Waals surface area (Å²) in [7, 11) is 3.62. The quantitative estimate of drug-likeness (QED) is 0.846. The average Bonchev–Trinajstić information content (AvgIpc) is 2.85. The van der Waals surface area contributed by atoms with Crippen LogP contribution in [0.2, 0.25) is 0 Å². The molecule has 8 nitrogen and oxygen atoms in total. The minimum Gasteiger partial charge on any atom is -0.357 e. The van der Waals surface area contributed by atoms with Crippen LogP contribution >= 0.6 is 11.8 Å². The van der Waals surface area contributed by atoms with Gasteiger partial charge in [0.2, 0.25) is 17.1 Å². The van der Waals surface area contributed by atoms with Crippen molar-refractivity contribution in [3.63, 3.8) is 0 Å². The first kappa shape index (κ1) is 14.5. The molecular formula is C11H18N8S. The van der Waals surface area contributed by atoms with E-state index in [1.54, 1.807) is 11.7 Å². The molecule has 0 amide bonds. The third kappa shape index (κ3) is 3.16. The molecule has 0 saturated heterocycles. The van der Waals surface area contributed by atoms with E-state index in [9.17, 15) is 0 Å². The molecule has 2 aromatic heterocycles. The van der Waals surface area contributed by atoms with Crippen molar-refractivity contribution in [2.24, 2.45) is 7.05 Å². The van der Waals surface area contributed by atoms with Crippen molar-refractivity contribution in [1.82, 2.24) is 29.7 Å². The summed E-state index contributed by atoms with van der Waals surface area (Å²) < 4.78 is 1.69. The number of hydrogen-bond acceptors (Lipinski definition) is 8. The second kappa shape index (κ2) is 6.51. The number of aryl methyl sites for hydroxylation is 1. The first-order valence-electron chi connectivity index (χ1n) is 6.38. The Bertz CT molecular complexity index is 565. The zero-order valence-electron chi connectivity index (χ0n) is 12.0. The zero-order valence-corrected chi connectivity index (χ0v) is 12.8. The van der Waals surface area contributed by atoms with E-state index in [-0.39, 0.29) is 0 Å². The summed E-state index contributed by atoms with van der Waals surface area (Å²) in [5.41, 5.74) is 0. The van der Waals surface area contributed by atoms with E-state index in [1.165, 1.54) is 18.1 Å². The van der Waals surface area contributed by atoms with Crippen molar-refractivity contribution >= 4 is 23.7 Å². The molecule has 0 aliphatic carbocycles. The Morgan fingerprint density at radius 1 is 1.25 bits per heavy atom. The Kier molecular flexibility index (Phi) is 4.72. The maximum absolute atomic E-state index is 4.48. The first-order chi connectivity index (χ1) is 9.67. The van der Waals surface area contributed by atoms with Crippen LogP contribution in [0.5, 0.6) is 0 Å². The van der Waals surface area contributed by atoms with Gasteiger partial charge in [0.1, 0.15) is 6.33 Å². The molecule has 0 unspecified atom stereocenters. The van der Waals surface area contributed by atoms with Crippen molar-refractivity contribution in [3.8, 4) is 0 Å². The van der Waals surface area contributed by atoms with Crippen LogP contribution < -0.4 is 10.2 Å². The molecule has 20 heavy (non-hydrogen) atoms. The van der Waals surface area contributed by atoms with Crippen LogP contribution in [-0.2, 0) is 7.05 Å². The number of hydrogen-bond donors (Lipinski definition) is 1. The van der Waals surface area contributed by atoms with Gasteiger partial charge in [0, 0.05) is 27.2 Å². The summed E-state index contributed by atoms with van der Waals surface area (Å²) in [4.78, 5) is 19.4. The third-order valence-corrected chi connectivity index (χ3v) is 3.64. The fraction of sp³-hybridized carbons (Fsp3) is 0.545. The highest BCUT2D eigenvalue weighted by Crippen LogP contribution is 2.24. The molecule has 1 N–H and O–H groups in total. The molecule has 0 aliphatic heterocycles. The predicted octanol–water partition coefficient (Wildman–Crippen LogP) is 1.04. The van der Waals surface area contributed by atoms with Gasteiger partial charge in [-0.1, -0.05) is 0 Å². The second-order valence-corrected chi connectivity index (χ2v) is 4.87. The number of anilines is 2. The Hall–Kier alpha value is -1.90. The minimum atomic E-state index is 0.548. The van der Waals surface area contributed by atoms with Gasteiger partial charge in [-0.3, -0.25) is 0 Å². The van der Waals surface area contributed by atoms with Gasteiger partial charge in [-0.25, -0.2) is 9.67 Å². The maximum Gasteiger partial charge on any atom is 0.231 e. The molecule has 2 aromatic rings. The molecule has 0 spiro atoms. The van der Waals surface area contributed by atoms with Gasteiger partial charge in [0.15, 0.2) is 5.16 Å². The molecule has 0 fully saturated rings. The van der Waals surface area contributed by atoms with E-state index in [0.717, 1.165) is 18.2 Å². The lowest BCUT2D eigenvalue weighted by molar-refractivity contribution is 0.683. The van der Waals surface area contributed by atoms with Crippen LogP contribution in [0.3, 0.4) is 0 Å². The van der Waals surface area contributed by atoms with E-state index >= 15 is 0 Å². The summed E-state index contributed by atoms with van der Waals surface area (Å²) >= 11 is 1.36. The van der Waals surface area contributed by atoms with Crippen LogP contribution in [0.1, 0.15) is 13.8 Å². The third-order valence-electron chi connectivity index (χ3n) is 2.73.